The summed E-state index contributed by atoms with van der Waals surface area (Å²) in [6.45, 7) is 0. The van der Waals surface area contributed by atoms with E-state index in [1.807, 2.05) is 24.3 Å². The quantitative estimate of drug-likeness (QED) is 0.601. The zero-order chi connectivity index (χ0) is 18.8. The molecule has 2 aromatic rings. The molecule has 7 heteroatoms. The number of nitrogens with one attached hydrogen (secondary N) is 1. The second kappa shape index (κ2) is 7.72. The SMILES string of the molecule is COc1ccc(-c2cc(NOC(=O)C3CC4CCC3CC4)nc(Cl)n2)cc1. The first kappa shape index (κ1) is 18.0. The van der Waals surface area contributed by atoms with Crippen LogP contribution in [0.4, 0.5) is 5.82 Å². The predicted molar refractivity (Wildman–Crippen MR) is 102 cm³/mol. The largest absolute Gasteiger partial charge is 0.497 e. The number of aromatic nitrogens is 2. The summed E-state index contributed by atoms with van der Waals surface area (Å²) in [4.78, 5) is 26.2. The molecule has 0 radical (unpaired) electrons. The van der Waals surface area contributed by atoms with Crippen LogP contribution in [0, 0.1) is 17.8 Å². The molecular formula is C20H22ClN3O3. The Hall–Kier alpha value is -2.34. The molecule has 0 amide bonds. The third-order valence-corrected chi connectivity index (χ3v) is 5.86. The number of hydrogen-bond donors (Lipinski definition) is 1. The van der Waals surface area contributed by atoms with Gasteiger partial charge in [-0.2, -0.15) is 4.98 Å². The van der Waals surface area contributed by atoms with E-state index >= 15 is 0 Å². The van der Waals surface area contributed by atoms with Gasteiger partial charge in [0.1, 0.15) is 5.75 Å². The van der Waals surface area contributed by atoms with E-state index in [4.69, 9.17) is 21.2 Å². The van der Waals surface area contributed by atoms with E-state index < -0.39 is 0 Å². The highest BCUT2D eigenvalue weighted by molar-refractivity contribution is 6.28. The maximum absolute atomic E-state index is 12.5. The van der Waals surface area contributed by atoms with Crippen molar-refractivity contribution in [1.29, 1.82) is 0 Å². The maximum Gasteiger partial charge on any atom is 0.335 e. The van der Waals surface area contributed by atoms with Gasteiger partial charge >= 0.3 is 5.97 Å². The second-order valence-corrected chi connectivity index (χ2v) is 7.62. The van der Waals surface area contributed by atoms with Gasteiger partial charge in [-0.15, -0.1) is 0 Å². The van der Waals surface area contributed by atoms with Gasteiger partial charge in [-0.1, -0.05) is 12.8 Å². The minimum atomic E-state index is -0.204. The molecule has 3 saturated carbocycles. The summed E-state index contributed by atoms with van der Waals surface area (Å²) in [6.07, 6.45) is 5.69. The molecule has 2 bridgehead atoms. The van der Waals surface area contributed by atoms with Crippen molar-refractivity contribution in [3.8, 4) is 17.0 Å². The molecule has 6 nitrogen and oxygen atoms in total. The summed E-state index contributed by atoms with van der Waals surface area (Å²) in [6, 6.07) is 9.15. The summed E-state index contributed by atoms with van der Waals surface area (Å²) in [5.74, 6) is 2.02. The van der Waals surface area contributed by atoms with Gasteiger partial charge < -0.3 is 9.57 Å². The number of rotatable bonds is 5. The monoisotopic (exact) mass is 387 g/mol. The van der Waals surface area contributed by atoms with Crippen LogP contribution in [-0.2, 0) is 9.63 Å². The van der Waals surface area contributed by atoms with E-state index in [9.17, 15) is 4.79 Å². The van der Waals surface area contributed by atoms with E-state index in [2.05, 4.69) is 15.4 Å². The van der Waals surface area contributed by atoms with Crippen LogP contribution in [0.25, 0.3) is 11.3 Å². The summed E-state index contributed by atoms with van der Waals surface area (Å²) in [5, 5.41) is 0.0820. The lowest BCUT2D eigenvalue weighted by atomic mass is 9.65. The molecule has 0 spiro atoms. The summed E-state index contributed by atoms with van der Waals surface area (Å²) < 4.78 is 5.17. The van der Waals surface area contributed by atoms with Gasteiger partial charge in [-0.05, 0) is 67.0 Å². The summed E-state index contributed by atoms with van der Waals surface area (Å²) in [7, 11) is 1.62. The van der Waals surface area contributed by atoms with Crippen LogP contribution < -0.4 is 10.2 Å². The fraction of sp³-hybridized carbons (Fsp3) is 0.450. The number of fused-ring (bicyclic) bond motifs is 3. The number of nitrogens with zero attached hydrogens (tertiary/aromatic N) is 2. The van der Waals surface area contributed by atoms with Gasteiger partial charge in [-0.25, -0.2) is 15.3 Å². The molecule has 1 aromatic heterocycles. The van der Waals surface area contributed by atoms with Crippen LogP contribution in [0.3, 0.4) is 0 Å². The lowest BCUT2D eigenvalue weighted by Crippen LogP contribution is -2.37. The van der Waals surface area contributed by atoms with Crippen molar-refractivity contribution in [3.63, 3.8) is 0 Å². The Labute approximate surface area is 163 Å². The minimum absolute atomic E-state index is 0.0108. The number of benzene rings is 1. The molecular weight excluding hydrogens is 366 g/mol. The molecule has 1 unspecified atom stereocenters. The molecule has 1 aromatic carbocycles. The first-order valence-electron chi connectivity index (χ1n) is 9.28. The van der Waals surface area contributed by atoms with E-state index in [1.54, 1.807) is 13.2 Å². The van der Waals surface area contributed by atoms with Gasteiger partial charge in [0.15, 0.2) is 5.82 Å². The van der Waals surface area contributed by atoms with Crippen molar-refractivity contribution >= 4 is 23.4 Å². The highest BCUT2D eigenvalue weighted by Crippen LogP contribution is 2.45. The van der Waals surface area contributed by atoms with Crippen molar-refractivity contribution in [3.05, 3.63) is 35.6 Å². The van der Waals surface area contributed by atoms with E-state index in [0.29, 0.717) is 23.3 Å². The standard InChI is InChI=1S/C20H22ClN3O3/c1-26-15-8-6-14(7-9-15)17-11-18(23-20(21)22-17)24-27-19(25)16-10-12-2-4-13(16)5-3-12/h6-9,11-13,16H,2-5,10H2,1H3,(H,22,23,24). The Balaban J connectivity index is 1.44. The van der Waals surface area contributed by atoms with Crippen molar-refractivity contribution in [2.75, 3.05) is 12.6 Å². The van der Waals surface area contributed by atoms with E-state index in [1.165, 1.54) is 12.8 Å². The van der Waals surface area contributed by atoms with Gasteiger partial charge in [0.2, 0.25) is 5.28 Å². The minimum Gasteiger partial charge on any atom is -0.497 e. The normalized spacial score (nSPS) is 23.7. The number of ether oxygens (including phenoxy) is 1. The number of carbonyl (C=O) groups excluding carboxylic acids is 1. The van der Waals surface area contributed by atoms with Crippen molar-refractivity contribution in [2.45, 2.75) is 32.1 Å². The van der Waals surface area contributed by atoms with Crippen LogP contribution in [0.1, 0.15) is 32.1 Å². The molecule has 1 atom stereocenters. The second-order valence-electron chi connectivity index (χ2n) is 7.28. The maximum atomic E-state index is 12.5. The average molecular weight is 388 g/mol. The topological polar surface area (TPSA) is 73.3 Å². The molecule has 3 aliphatic carbocycles. The van der Waals surface area contributed by atoms with Gasteiger partial charge in [0.05, 0.1) is 18.7 Å². The zero-order valence-corrected chi connectivity index (χ0v) is 15.9. The van der Waals surface area contributed by atoms with Crippen molar-refractivity contribution < 1.29 is 14.4 Å². The number of hydrogen-bond acceptors (Lipinski definition) is 6. The molecule has 3 aliphatic rings. The highest BCUT2D eigenvalue weighted by atomic mass is 35.5. The molecule has 1 heterocycles. The first-order valence-corrected chi connectivity index (χ1v) is 9.66. The number of carbonyl (C=O) groups is 1. The summed E-state index contributed by atoms with van der Waals surface area (Å²) in [5.41, 5.74) is 4.16. The lowest BCUT2D eigenvalue weighted by molar-refractivity contribution is -0.151. The highest BCUT2D eigenvalue weighted by Gasteiger charge is 2.40. The molecule has 142 valence electrons. The third-order valence-electron chi connectivity index (χ3n) is 5.69. The molecule has 27 heavy (non-hydrogen) atoms. The molecule has 1 N–H and O–H groups in total. The van der Waals surface area contributed by atoms with Gasteiger partial charge in [0.25, 0.3) is 0 Å². The van der Waals surface area contributed by atoms with E-state index in [0.717, 1.165) is 30.6 Å². The Morgan fingerprint density at radius 2 is 1.89 bits per heavy atom. The number of halogens is 1. The van der Waals surface area contributed by atoms with Crippen molar-refractivity contribution in [2.24, 2.45) is 17.8 Å². The van der Waals surface area contributed by atoms with Crippen LogP contribution >= 0.6 is 11.6 Å². The Morgan fingerprint density at radius 1 is 1.15 bits per heavy atom. The Bertz CT molecular complexity index is 820. The lowest BCUT2D eigenvalue weighted by Gasteiger charge is -2.40. The van der Waals surface area contributed by atoms with E-state index in [-0.39, 0.29) is 17.2 Å². The molecule has 0 aliphatic heterocycles. The van der Waals surface area contributed by atoms with Crippen LogP contribution in [0.2, 0.25) is 5.28 Å². The molecule has 3 fully saturated rings. The summed E-state index contributed by atoms with van der Waals surface area (Å²) >= 11 is 6.05. The van der Waals surface area contributed by atoms with Gasteiger partial charge in [0, 0.05) is 11.6 Å². The first-order chi connectivity index (χ1) is 13.1. The average Bonchev–Trinajstić information content (AvgIpc) is 2.72. The number of methoxy groups -OCH3 is 1. The molecule has 0 saturated heterocycles. The Morgan fingerprint density at radius 3 is 2.52 bits per heavy atom. The fourth-order valence-electron chi connectivity index (χ4n) is 4.22. The fourth-order valence-corrected chi connectivity index (χ4v) is 4.41. The van der Waals surface area contributed by atoms with Crippen LogP contribution in [0.5, 0.6) is 5.75 Å². The van der Waals surface area contributed by atoms with Crippen LogP contribution in [-0.4, -0.2) is 23.0 Å². The van der Waals surface area contributed by atoms with Crippen LogP contribution in [0.15, 0.2) is 30.3 Å². The van der Waals surface area contributed by atoms with Crippen molar-refractivity contribution in [1.82, 2.24) is 9.97 Å². The molecule has 5 rings (SSSR count). The third kappa shape index (κ3) is 4.00. The predicted octanol–water partition coefficient (Wildman–Crippen LogP) is 4.50. The zero-order valence-electron chi connectivity index (χ0n) is 15.2. The van der Waals surface area contributed by atoms with Gasteiger partial charge in [-0.3, -0.25) is 0 Å². The smallest absolute Gasteiger partial charge is 0.335 e. The number of anilines is 1. The Kier molecular flexibility index (Phi) is 5.16.